The average Bonchev–Trinajstić information content (AvgIpc) is 3.23. The molecule has 0 bridgehead atoms. The summed E-state index contributed by atoms with van der Waals surface area (Å²) in [6.45, 7) is 5.47. The summed E-state index contributed by atoms with van der Waals surface area (Å²) >= 11 is 0. The quantitative estimate of drug-likeness (QED) is 0.839. The van der Waals surface area contributed by atoms with Crippen LogP contribution >= 0.6 is 0 Å². The first-order valence-corrected chi connectivity index (χ1v) is 7.94. The Morgan fingerprint density at radius 2 is 2.00 bits per heavy atom. The van der Waals surface area contributed by atoms with Crippen molar-refractivity contribution in [2.45, 2.75) is 57.7 Å². The van der Waals surface area contributed by atoms with Crippen molar-refractivity contribution in [3.8, 4) is 0 Å². The fraction of sp³-hybridized carbons (Fsp3) is 0.500. The van der Waals surface area contributed by atoms with Gasteiger partial charge < -0.3 is 9.88 Å². The van der Waals surface area contributed by atoms with E-state index in [2.05, 4.69) is 59.0 Å². The van der Waals surface area contributed by atoms with Crippen LogP contribution in [0.5, 0.6) is 0 Å². The van der Waals surface area contributed by atoms with Crippen LogP contribution in [0.3, 0.4) is 0 Å². The molecule has 112 valence electrons. The predicted octanol–water partition coefficient (Wildman–Crippen LogP) is 3.72. The van der Waals surface area contributed by atoms with Gasteiger partial charge in [-0.05, 0) is 45.1 Å². The minimum Gasteiger partial charge on any atom is -0.330 e. The van der Waals surface area contributed by atoms with Crippen LogP contribution in [0.15, 0.2) is 42.9 Å². The van der Waals surface area contributed by atoms with E-state index in [0.717, 1.165) is 19.4 Å². The Morgan fingerprint density at radius 1 is 1.24 bits per heavy atom. The first-order chi connectivity index (χ1) is 10.1. The fourth-order valence-electron chi connectivity index (χ4n) is 2.67. The number of rotatable bonds is 7. The number of nitrogens with one attached hydrogen (secondary N) is 1. The van der Waals surface area contributed by atoms with Gasteiger partial charge in [-0.15, -0.1) is 0 Å². The zero-order valence-corrected chi connectivity index (χ0v) is 13.0. The van der Waals surface area contributed by atoms with Crippen molar-refractivity contribution >= 4 is 0 Å². The van der Waals surface area contributed by atoms with Crippen LogP contribution in [0.25, 0.3) is 0 Å². The van der Waals surface area contributed by atoms with Crippen LogP contribution in [-0.2, 0) is 13.0 Å². The lowest BCUT2D eigenvalue weighted by molar-refractivity contribution is 0.355. The highest BCUT2D eigenvalue weighted by molar-refractivity contribution is 5.15. The number of aryl methyl sites for hydroxylation is 1. The highest BCUT2D eigenvalue weighted by Gasteiger charge is 2.25. The van der Waals surface area contributed by atoms with Gasteiger partial charge in [-0.1, -0.05) is 30.3 Å². The zero-order valence-electron chi connectivity index (χ0n) is 13.0. The minimum atomic E-state index is 0.133. The highest BCUT2D eigenvalue weighted by atomic mass is 15.1. The van der Waals surface area contributed by atoms with E-state index < -0.39 is 0 Å². The summed E-state index contributed by atoms with van der Waals surface area (Å²) in [5, 5.41) is 3.69. The molecular formula is C18H25N3. The maximum atomic E-state index is 4.30. The van der Waals surface area contributed by atoms with Crippen molar-refractivity contribution in [1.29, 1.82) is 0 Å². The second-order valence-corrected chi connectivity index (χ2v) is 6.75. The number of benzene rings is 1. The molecule has 1 aromatic heterocycles. The van der Waals surface area contributed by atoms with Gasteiger partial charge in [-0.2, -0.15) is 0 Å². The van der Waals surface area contributed by atoms with Gasteiger partial charge in [0.1, 0.15) is 0 Å². The molecule has 1 heterocycles. The van der Waals surface area contributed by atoms with Crippen molar-refractivity contribution in [1.82, 2.24) is 14.9 Å². The van der Waals surface area contributed by atoms with E-state index in [1.165, 1.54) is 24.1 Å². The van der Waals surface area contributed by atoms with E-state index in [1.807, 2.05) is 12.5 Å². The van der Waals surface area contributed by atoms with Gasteiger partial charge in [0.05, 0.1) is 12.0 Å². The van der Waals surface area contributed by atoms with E-state index in [-0.39, 0.29) is 5.54 Å². The lowest BCUT2D eigenvalue weighted by Crippen LogP contribution is -2.39. The molecule has 1 N–H and O–H groups in total. The summed E-state index contributed by atoms with van der Waals surface area (Å²) in [7, 11) is 0. The van der Waals surface area contributed by atoms with E-state index in [4.69, 9.17) is 0 Å². The third-order valence-electron chi connectivity index (χ3n) is 4.32. The molecule has 1 aliphatic rings. The summed E-state index contributed by atoms with van der Waals surface area (Å²) in [5.74, 6) is 0. The molecule has 0 radical (unpaired) electrons. The molecule has 1 fully saturated rings. The van der Waals surface area contributed by atoms with Crippen LogP contribution in [0.1, 0.15) is 50.4 Å². The number of aromatic nitrogens is 2. The van der Waals surface area contributed by atoms with Gasteiger partial charge in [0.25, 0.3) is 0 Å². The maximum absolute atomic E-state index is 4.30. The predicted molar refractivity (Wildman–Crippen MR) is 86.2 cm³/mol. The number of imidazole rings is 1. The van der Waals surface area contributed by atoms with Gasteiger partial charge in [-0.3, -0.25) is 0 Å². The van der Waals surface area contributed by atoms with Gasteiger partial charge in [0.2, 0.25) is 0 Å². The molecule has 1 aliphatic carbocycles. The molecule has 1 aromatic carbocycles. The smallest absolute Gasteiger partial charge is 0.0951 e. The third-order valence-corrected chi connectivity index (χ3v) is 4.32. The molecule has 0 unspecified atom stereocenters. The molecule has 0 amide bonds. The molecule has 0 saturated heterocycles. The van der Waals surface area contributed by atoms with Gasteiger partial charge >= 0.3 is 0 Å². The largest absolute Gasteiger partial charge is 0.330 e. The van der Waals surface area contributed by atoms with Crippen molar-refractivity contribution < 1.29 is 0 Å². The second-order valence-electron chi connectivity index (χ2n) is 6.75. The van der Waals surface area contributed by atoms with Crippen LogP contribution in [0, 0.1) is 0 Å². The van der Waals surface area contributed by atoms with Gasteiger partial charge in [0, 0.05) is 24.3 Å². The number of nitrogens with zero attached hydrogens (tertiary/aromatic N) is 2. The van der Waals surface area contributed by atoms with Crippen molar-refractivity contribution in [3.05, 3.63) is 54.1 Å². The van der Waals surface area contributed by atoms with E-state index >= 15 is 0 Å². The monoisotopic (exact) mass is 283 g/mol. The number of hydrogen-bond donors (Lipinski definition) is 1. The summed E-state index contributed by atoms with van der Waals surface area (Å²) in [4.78, 5) is 4.30. The van der Waals surface area contributed by atoms with Crippen molar-refractivity contribution in [3.63, 3.8) is 0 Å². The van der Waals surface area contributed by atoms with Gasteiger partial charge in [-0.25, -0.2) is 4.98 Å². The highest BCUT2D eigenvalue weighted by Crippen LogP contribution is 2.35. The molecule has 3 rings (SSSR count). The third kappa shape index (κ3) is 3.94. The topological polar surface area (TPSA) is 29.9 Å². The normalized spacial score (nSPS) is 15.3. The Morgan fingerprint density at radius 3 is 2.71 bits per heavy atom. The average molecular weight is 283 g/mol. The Hall–Kier alpha value is -1.61. The first kappa shape index (κ1) is 14.3. The molecule has 3 nitrogen and oxygen atoms in total. The number of hydrogen-bond acceptors (Lipinski definition) is 2. The summed E-state index contributed by atoms with van der Waals surface area (Å²) < 4.78 is 2.33. The summed E-state index contributed by atoms with van der Waals surface area (Å²) in [6.07, 6.45) is 8.84. The lowest BCUT2D eigenvalue weighted by atomic mass is 9.95. The molecule has 1 saturated carbocycles. The first-order valence-electron chi connectivity index (χ1n) is 7.94. The molecule has 0 atom stereocenters. The summed E-state index contributed by atoms with van der Waals surface area (Å²) in [5.41, 5.74) is 2.86. The van der Waals surface area contributed by atoms with Crippen LogP contribution in [0.2, 0.25) is 0 Å². The molecule has 3 heteroatoms. The molecule has 2 aromatic rings. The van der Waals surface area contributed by atoms with Crippen molar-refractivity contribution in [2.75, 3.05) is 0 Å². The zero-order chi connectivity index (χ0) is 14.7. The maximum Gasteiger partial charge on any atom is 0.0951 e. The van der Waals surface area contributed by atoms with Gasteiger partial charge in [0.15, 0.2) is 0 Å². The van der Waals surface area contributed by atoms with Crippen molar-refractivity contribution in [2.24, 2.45) is 0 Å². The standard InChI is InChI=1S/C18H25N3/c1-18(2,11-10-15-6-4-3-5-7-15)20-13-17-12-19-14-21(17)16-8-9-16/h3-7,12,14,16,20H,8-11,13H2,1-2H3. The van der Waals surface area contributed by atoms with E-state index in [9.17, 15) is 0 Å². The molecule has 0 aliphatic heterocycles. The van der Waals surface area contributed by atoms with Crippen LogP contribution in [0.4, 0.5) is 0 Å². The molecule has 21 heavy (non-hydrogen) atoms. The Kier molecular flexibility index (Phi) is 4.11. The van der Waals surface area contributed by atoms with Crippen LogP contribution in [-0.4, -0.2) is 15.1 Å². The molecular weight excluding hydrogens is 258 g/mol. The lowest BCUT2D eigenvalue weighted by Gasteiger charge is -2.27. The minimum absolute atomic E-state index is 0.133. The SMILES string of the molecule is CC(C)(CCc1ccccc1)NCc1cncn1C1CC1. The fourth-order valence-corrected chi connectivity index (χ4v) is 2.67. The molecule has 0 spiro atoms. The Labute approximate surface area is 127 Å². The van der Waals surface area contributed by atoms with Crippen LogP contribution < -0.4 is 5.32 Å². The van der Waals surface area contributed by atoms with E-state index in [0.29, 0.717) is 6.04 Å². The second kappa shape index (κ2) is 6.02. The Balaban J connectivity index is 1.52. The van der Waals surface area contributed by atoms with E-state index in [1.54, 1.807) is 0 Å². The Bertz CT molecular complexity index is 567. The summed E-state index contributed by atoms with van der Waals surface area (Å²) in [6, 6.07) is 11.4.